The largest absolute Gasteiger partial charge is 0.345 e. The van der Waals surface area contributed by atoms with E-state index >= 15 is 0 Å². The zero-order valence-corrected chi connectivity index (χ0v) is 16.5. The van der Waals surface area contributed by atoms with Gasteiger partial charge >= 0.3 is 0 Å². The first-order valence-electron chi connectivity index (χ1n) is 10.1. The van der Waals surface area contributed by atoms with Crippen LogP contribution in [0.2, 0.25) is 0 Å². The van der Waals surface area contributed by atoms with Gasteiger partial charge < -0.3 is 10.2 Å². The molecule has 4 heterocycles. The summed E-state index contributed by atoms with van der Waals surface area (Å²) in [7, 11) is 0. The molecule has 3 aromatic heterocycles. The lowest BCUT2D eigenvalue weighted by Crippen LogP contribution is -2.43. The molecule has 150 valence electrons. The number of fused-ring (bicyclic) bond motifs is 1. The second-order valence-corrected chi connectivity index (χ2v) is 7.33. The third kappa shape index (κ3) is 3.85. The third-order valence-corrected chi connectivity index (χ3v) is 5.52. The second-order valence-electron chi connectivity index (χ2n) is 7.33. The Morgan fingerprint density at radius 1 is 1.17 bits per heavy atom. The fraction of sp³-hybridized carbons (Fsp3) is 0.364. The minimum Gasteiger partial charge on any atom is -0.345 e. The first-order valence-corrected chi connectivity index (χ1v) is 10.1. The lowest BCUT2D eigenvalue weighted by molar-refractivity contribution is 0.0604. The SMILES string of the molecule is CCC1CCCCN1C(=O)c1nc(C(=O)NCc2ccncc2)n2ccccc12. The maximum Gasteiger partial charge on any atom is 0.287 e. The summed E-state index contributed by atoms with van der Waals surface area (Å²) in [6.45, 7) is 3.22. The van der Waals surface area contributed by atoms with Crippen LogP contribution in [0.5, 0.6) is 0 Å². The number of hydrogen-bond acceptors (Lipinski definition) is 4. The number of imidazole rings is 1. The maximum atomic E-state index is 13.3. The van der Waals surface area contributed by atoms with Gasteiger partial charge in [0.25, 0.3) is 11.8 Å². The third-order valence-electron chi connectivity index (χ3n) is 5.52. The van der Waals surface area contributed by atoms with Gasteiger partial charge in [0.1, 0.15) is 0 Å². The van der Waals surface area contributed by atoms with Crippen molar-refractivity contribution in [2.75, 3.05) is 6.54 Å². The molecule has 1 fully saturated rings. The Labute approximate surface area is 169 Å². The molecule has 0 spiro atoms. The van der Waals surface area contributed by atoms with Crippen molar-refractivity contribution in [1.29, 1.82) is 0 Å². The van der Waals surface area contributed by atoms with Gasteiger partial charge in [-0.3, -0.25) is 19.0 Å². The van der Waals surface area contributed by atoms with Crippen molar-refractivity contribution in [1.82, 2.24) is 24.6 Å². The van der Waals surface area contributed by atoms with Crippen LogP contribution in [0.1, 0.15) is 59.3 Å². The number of nitrogens with zero attached hydrogens (tertiary/aromatic N) is 4. The average molecular weight is 391 g/mol. The van der Waals surface area contributed by atoms with Crippen LogP contribution in [0, 0.1) is 0 Å². The molecule has 1 aliphatic rings. The molecule has 1 unspecified atom stereocenters. The normalized spacial score (nSPS) is 16.7. The van der Waals surface area contributed by atoms with Crippen molar-refractivity contribution in [2.24, 2.45) is 0 Å². The fourth-order valence-electron chi connectivity index (χ4n) is 3.95. The average Bonchev–Trinajstić information content (AvgIpc) is 3.17. The van der Waals surface area contributed by atoms with Crippen molar-refractivity contribution >= 4 is 17.3 Å². The summed E-state index contributed by atoms with van der Waals surface area (Å²) in [6.07, 6.45) is 9.25. The lowest BCUT2D eigenvalue weighted by Gasteiger charge is -2.34. The van der Waals surface area contributed by atoms with Gasteiger partial charge in [0, 0.05) is 37.7 Å². The molecule has 3 aromatic rings. The van der Waals surface area contributed by atoms with Crippen molar-refractivity contribution in [3.63, 3.8) is 0 Å². The van der Waals surface area contributed by atoms with Crippen LogP contribution in [-0.2, 0) is 6.54 Å². The highest BCUT2D eigenvalue weighted by atomic mass is 16.2. The summed E-state index contributed by atoms with van der Waals surface area (Å²) < 4.78 is 1.69. The summed E-state index contributed by atoms with van der Waals surface area (Å²) in [5.74, 6) is -0.177. The molecule has 29 heavy (non-hydrogen) atoms. The molecule has 1 N–H and O–H groups in total. The van der Waals surface area contributed by atoms with Crippen LogP contribution >= 0.6 is 0 Å². The lowest BCUT2D eigenvalue weighted by atomic mass is 9.99. The van der Waals surface area contributed by atoms with E-state index in [1.807, 2.05) is 35.2 Å². The van der Waals surface area contributed by atoms with Gasteiger partial charge in [0.05, 0.1) is 5.52 Å². The van der Waals surface area contributed by atoms with E-state index in [0.29, 0.717) is 17.8 Å². The van der Waals surface area contributed by atoms with Gasteiger partial charge in [-0.2, -0.15) is 0 Å². The van der Waals surface area contributed by atoms with Crippen LogP contribution in [0.4, 0.5) is 0 Å². The molecule has 7 heteroatoms. The number of pyridine rings is 2. The van der Waals surface area contributed by atoms with E-state index in [0.717, 1.165) is 37.8 Å². The number of carbonyl (C=O) groups is 2. The number of hydrogen-bond donors (Lipinski definition) is 1. The van der Waals surface area contributed by atoms with Gasteiger partial charge in [0.15, 0.2) is 5.69 Å². The summed E-state index contributed by atoms with van der Waals surface area (Å²) in [4.78, 5) is 36.5. The summed E-state index contributed by atoms with van der Waals surface area (Å²) >= 11 is 0. The zero-order chi connectivity index (χ0) is 20.2. The Hall–Kier alpha value is -3.22. The van der Waals surface area contributed by atoms with Gasteiger partial charge in [-0.25, -0.2) is 4.98 Å². The predicted molar refractivity (Wildman–Crippen MR) is 110 cm³/mol. The highest BCUT2D eigenvalue weighted by Crippen LogP contribution is 2.23. The van der Waals surface area contributed by atoms with E-state index in [9.17, 15) is 9.59 Å². The quantitative estimate of drug-likeness (QED) is 0.725. The Kier molecular flexibility index (Phi) is 5.55. The Morgan fingerprint density at radius 3 is 2.79 bits per heavy atom. The van der Waals surface area contributed by atoms with E-state index in [1.165, 1.54) is 0 Å². The van der Waals surface area contributed by atoms with Gasteiger partial charge in [0.2, 0.25) is 5.82 Å². The molecule has 2 amide bonds. The smallest absolute Gasteiger partial charge is 0.287 e. The molecule has 0 radical (unpaired) electrons. The van der Waals surface area contributed by atoms with Crippen LogP contribution in [0.25, 0.3) is 5.52 Å². The molecule has 0 saturated carbocycles. The van der Waals surface area contributed by atoms with E-state index in [2.05, 4.69) is 22.2 Å². The molecule has 7 nitrogen and oxygen atoms in total. The first kappa shape index (κ1) is 19.1. The molecule has 1 atom stereocenters. The molecule has 0 aromatic carbocycles. The molecule has 1 saturated heterocycles. The zero-order valence-electron chi connectivity index (χ0n) is 16.5. The van der Waals surface area contributed by atoms with E-state index in [4.69, 9.17) is 0 Å². The van der Waals surface area contributed by atoms with Crippen LogP contribution in [-0.4, -0.2) is 43.7 Å². The highest BCUT2D eigenvalue weighted by Gasteiger charge is 2.30. The van der Waals surface area contributed by atoms with E-state index in [1.54, 1.807) is 23.0 Å². The molecule has 1 aliphatic heterocycles. The second kappa shape index (κ2) is 8.43. The minimum atomic E-state index is -0.312. The number of piperidine rings is 1. The molecule has 0 aliphatic carbocycles. The Balaban J connectivity index is 1.62. The first-order chi connectivity index (χ1) is 14.2. The van der Waals surface area contributed by atoms with Gasteiger partial charge in [-0.05, 0) is 55.5 Å². The van der Waals surface area contributed by atoms with Crippen molar-refractivity contribution in [3.05, 3.63) is 66.0 Å². The van der Waals surface area contributed by atoms with Crippen molar-refractivity contribution < 1.29 is 9.59 Å². The minimum absolute atomic E-state index is 0.0894. The van der Waals surface area contributed by atoms with E-state index < -0.39 is 0 Å². The van der Waals surface area contributed by atoms with Crippen molar-refractivity contribution in [3.8, 4) is 0 Å². The summed E-state index contributed by atoms with van der Waals surface area (Å²) in [5.41, 5.74) is 1.96. The number of nitrogens with one attached hydrogen (secondary N) is 1. The van der Waals surface area contributed by atoms with Crippen LogP contribution in [0.15, 0.2) is 48.9 Å². The predicted octanol–water partition coefficient (Wildman–Crippen LogP) is 3.06. The maximum absolute atomic E-state index is 13.3. The Morgan fingerprint density at radius 2 is 2.00 bits per heavy atom. The Bertz CT molecular complexity index is 1010. The number of likely N-dealkylation sites (tertiary alicyclic amines) is 1. The van der Waals surface area contributed by atoms with Gasteiger partial charge in [-0.15, -0.1) is 0 Å². The number of rotatable bonds is 5. The number of carbonyl (C=O) groups excluding carboxylic acids is 2. The molecule has 4 rings (SSSR count). The van der Waals surface area contributed by atoms with Crippen LogP contribution in [0.3, 0.4) is 0 Å². The fourth-order valence-corrected chi connectivity index (χ4v) is 3.95. The molecular weight excluding hydrogens is 366 g/mol. The monoisotopic (exact) mass is 391 g/mol. The summed E-state index contributed by atoms with van der Waals surface area (Å²) in [5, 5.41) is 2.88. The number of amides is 2. The van der Waals surface area contributed by atoms with E-state index in [-0.39, 0.29) is 23.7 Å². The van der Waals surface area contributed by atoms with Crippen molar-refractivity contribution in [2.45, 2.75) is 45.2 Å². The molecule has 0 bridgehead atoms. The number of aromatic nitrogens is 3. The topological polar surface area (TPSA) is 79.6 Å². The van der Waals surface area contributed by atoms with Crippen LogP contribution < -0.4 is 5.32 Å². The molecular formula is C22H25N5O2. The van der Waals surface area contributed by atoms with Gasteiger partial charge in [-0.1, -0.05) is 13.0 Å². The summed E-state index contributed by atoms with van der Waals surface area (Å²) in [6, 6.07) is 9.46. The standard InChI is InChI=1S/C22H25N5O2/c1-2-17-7-3-5-13-26(17)22(29)19-18-8-4-6-14-27(18)20(25-19)21(28)24-15-16-9-11-23-12-10-16/h4,6,8-12,14,17H,2-3,5,7,13,15H2,1H3,(H,24,28). The highest BCUT2D eigenvalue weighted by molar-refractivity contribution is 6.02.